The van der Waals surface area contributed by atoms with Crippen molar-refractivity contribution in [1.82, 2.24) is 0 Å². The highest BCUT2D eigenvalue weighted by Crippen LogP contribution is 2.31. The van der Waals surface area contributed by atoms with Crippen LogP contribution in [-0.4, -0.2) is 5.11 Å². The van der Waals surface area contributed by atoms with Crippen LogP contribution >= 0.6 is 27.5 Å². The predicted molar refractivity (Wildman–Crippen MR) is 54.8 cm³/mol. The highest BCUT2D eigenvalue weighted by molar-refractivity contribution is 9.10. The van der Waals surface area contributed by atoms with Crippen molar-refractivity contribution in [2.24, 2.45) is 0 Å². The van der Waals surface area contributed by atoms with Crippen molar-refractivity contribution in [1.29, 1.82) is 0 Å². The first-order chi connectivity index (χ1) is 6.22. The molecule has 0 spiro atoms. The summed E-state index contributed by atoms with van der Waals surface area (Å²) < 4.78 is 6.06. The van der Waals surface area contributed by atoms with Gasteiger partial charge in [0.15, 0.2) is 0 Å². The van der Waals surface area contributed by atoms with Crippen molar-refractivity contribution in [3.05, 3.63) is 33.5 Å². The topological polar surface area (TPSA) is 33.4 Å². The van der Waals surface area contributed by atoms with E-state index in [1.165, 1.54) is 6.26 Å². The Morgan fingerprint density at radius 2 is 2.23 bits per heavy atom. The van der Waals surface area contributed by atoms with Crippen LogP contribution in [-0.2, 0) is 6.61 Å². The molecule has 13 heavy (non-hydrogen) atoms. The van der Waals surface area contributed by atoms with E-state index in [0.717, 1.165) is 15.4 Å². The Morgan fingerprint density at radius 1 is 1.46 bits per heavy atom. The zero-order valence-electron chi connectivity index (χ0n) is 6.55. The summed E-state index contributed by atoms with van der Waals surface area (Å²) >= 11 is 9.19. The zero-order valence-corrected chi connectivity index (χ0v) is 8.89. The number of aliphatic hydroxyl groups excluding tert-OH is 1. The third kappa shape index (κ3) is 1.47. The van der Waals surface area contributed by atoms with E-state index in [2.05, 4.69) is 15.9 Å². The Morgan fingerprint density at radius 3 is 2.92 bits per heavy atom. The molecule has 0 radical (unpaired) electrons. The molecular weight excluding hydrogens is 255 g/mol. The van der Waals surface area contributed by atoms with Crippen LogP contribution in [0.15, 0.2) is 27.3 Å². The molecule has 0 saturated carbocycles. The van der Waals surface area contributed by atoms with Gasteiger partial charge in [0.1, 0.15) is 5.58 Å². The van der Waals surface area contributed by atoms with Crippen LogP contribution in [0.2, 0.25) is 5.02 Å². The van der Waals surface area contributed by atoms with E-state index in [-0.39, 0.29) is 6.61 Å². The van der Waals surface area contributed by atoms with Crippen LogP contribution in [0.5, 0.6) is 0 Å². The van der Waals surface area contributed by atoms with Crippen LogP contribution in [0.25, 0.3) is 11.0 Å². The summed E-state index contributed by atoms with van der Waals surface area (Å²) in [6.07, 6.45) is 1.53. The van der Waals surface area contributed by atoms with Crippen molar-refractivity contribution >= 4 is 38.5 Å². The molecule has 0 aliphatic carbocycles. The fraction of sp³-hybridized carbons (Fsp3) is 0.111. The highest BCUT2D eigenvalue weighted by Gasteiger charge is 2.08. The average molecular weight is 262 g/mol. The molecule has 0 bridgehead atoms. The Hall–Kier alpha value is -0.510. The fourth-order valence-corrected chi connectivity index (χ4v) is 2.14. The van der Waals surface area contributed by atoms with Crippen molar-refractivity contribution in [2.45, 2.75) is 6.61 Å². The Bertz CT molecular complexity index is 450. The van der Waals surface area contributed by atoms with Crippen LogP contribution in [0.1, 0.15) is 5.56 Å². The molecule has 0 amide bonds. The van der Waals surface area contributed by atoms with Gasteiger partial charge >= 0.3 is 0 Å². The van der Waals surface area contributed by atoms with E-state index < -0.39 is 0 Å². The molecular formula is C9H6BrClO2. The molecule has 0 aliphatic heterocycles. The molecule has 1 N–H and O–H groups in total. The lowest BCUT2D eigenvalue weighted by Crippen LogP contribution is -1.78. The summed E-state index contributed by atoms with van der Waals surface area (Å²) in [6.45, 7) is -0.0419. The maximum atomic E-state index is 8.99. The van der Waals surface area contributed by atoms with Crippen molar-refractivity contribution < 1.29 is 9.52 Å². The smallest absolute Gasteiger partial charge is 0.148 e. The highest BCUT2D eigenvalue weighted by atomic mass is 79.9. The molecule has 2 rings (SSSR count). The normalized spacial score (nSPS) is 11.0. The summed E-state index contributed by atoms with van der Waals surface area (Å²) in [6, 6.07) is 3.53. The Labute approximate surface area is 88.2 Å². The third-order valence-corrected chi connectivity index (χ3v) is 2.65. The molecule has 0 saturated heterocycles. The molecule has 0 fully saturated rings. The molecule has 0 atom stereocenters. The average Bonchev–Trinajstić information content (AvgIpc) is 2.47. The molecule has 2 aromatic rings. The summed E-state index contributed by atoms with van der Waals surface area (Å²) in [7, 11) is 0. The van der Waals surface area contributed by atoms with E-state index in [4.69, 9.17) is 21.1 Å². The van der Waals surface area contributed by atoms with Gasteiger partial charge in [0.25, 0.3) is 0 Å². The van der Waals surface area contributed by atoms with Crippen LogP contribution in [0.4, 0.5) is 0 Å². The Balaban J connectivity index is 2.82. The number of halogens is 2. The summed E-state index contributed by atoms with van der Waals surface area (Å²) in [5, 5.41) is 10.5. The molecule has 1 aromatic heterocycles. The SMILES string of the molecule is OCc1coc2c(Br)cc(Cl)cc12. The molecule has 4 heteroatoms. The summed E-state index contributed by atoms with van der Waals surface area (Å²) in [5.41, 5.74) is 1.46. The zero-order chi connectivity index (χ0) is 9.42. The monoisotopic (exact) mass is 260 g/mol. The maximum absolute atomic E-state index is 8.99. The van der Waals surface area contributed by atoms with Crippen LogP contribution in [0.3, 0.4) is 0 Å². The first kappa shape index (κ1) is 9.06. The fourth-order valence-electron chi connectivity index (χ4n) is 1.23. The lowest BCUT2D eigenvalue weighted by Gasteiger charge is -1.95. The second-order valence-electron chi connectivity index (χ2n) is 2.68. The van der Waals surface area contributed by atoms with Crippen LogP contribution < -0.4 is 0 Å². The molecule has 2 nitrogen and oxygen atoms in total. The standard InChI is InChI=1S/C9H6BrClO2/c10-8-2-6(11)1-7-5(3-12)4-13-9(7)8/h1-2,4,12H,3H2. The maximum Gasteiger partial charge on any atom is 0.148 e. The Kier molecular flexibility index (Phi) is 2.32. The minimum Gasteiger partial charge on any atom is -0.463 e. The van der Waals surface area contributed by atoms with Gasteiger partial charge in [-0.25, -0.2) is 0 Å². The van der Waals surface area contributed by atoms with Gasteiger partial charge in [-0.1, -0.05) is 11.6 Å². The van der Waals surface area contributed by atoms with Gasteiger partial charge in [0, 0.05) is 16.0 Å². The van der Waals surface area contributed by atoms with E-state index in [1.807, 2.05) is 0 Å². The van der Waals surface area contributed by atoms with Gasteiger partial charge in [-0.2, -0.15) is 0 Å². The van der Waals surface area contributed by atoms with E-state index in [0.29, 0.717) is 10.6 Å². The van der Waals surface area contributed by atoms with Gasteiger partial charge in [0.05, 0.1) is 17.3 Å². The molecule has 1 heterocycles. The largest absolute Gasteiger partial charge is 0.463 e. The number of hydrogen-bond donors (Lipinski definition) is 1. The number of benzene rings is 1. The third-order valence-electron chi connectivity index (χ3n) is 1.84. The van der Waals surface area contributed by atoms with Crippen molar-refractivity contribution in [3.63, 3.8) is 0 Å². The number of fused-ring (bicyclic) bond motifs is 1. The number of hydrogen-bond acceptors (Lipinski definition) is 2. The van der Waals surface area contributed by atoms with E-state index in [9.17, 15) is 0 Å². The van der Waals surface area contributed by atoms with Gasteiger partial charge in [0.2, 0.25) is 0 Å². The lowest BCUT2D eigenvalue weighted by molar-refractivity contribution is 0.281. The minimum absolute atomic E-state index is 0.0419. The van der Waals surface area contributed by atoms with Gasteiger partial charge in [-0.15, -0.1) is 0 Å². The first-order valence-corrected chi connectivity index (χ1v) is 4.85. The summed E-state index contributed by atoms with van der Waals surface area (Å²) in [5.74, 6) is 0. The molecule has 68 valence electrons. The van der Waals surface area contributed by atoms with Gasteiger partial charge in [-0.05, 0) is 28.1 Å². The van der Waals surface area contributed by atoms with Crippen molar-refractivity contribution in [3.8, 4) is 0 Å². The quantitative estimate of drug-likeness (QED) is 0.854. The van der Waals surface area contributed by atoms with Crippen LogP contribution in [0, 0.1) is 0 Å². The minimum atomic E-state index is -0.0419. The van der Waals surface area contributed by atoms with Gasteiger partial charge in [-0.3, -0.25) is 0 Å². The van der Waals surface area contributed by atoms with Gasteiger partial charge < -0.3 is 9.52 Å². The lowest BCUT2D eigenvalue weighted by atomic mass is 10.2. The molecule has 0 aliphatic rings. The van der Waals surface area contributed by atoms with Crippen molar-refractivity contribution in [2.75, 3.05) is 0 Å². The predicted octanol–water partition coefficient (Wildman–Crippen LogP) is 3.34. The summed E-state index contributed by atoms with van der Waals surface area (Å²) in [4.78, 5) is 0. The molecule has 1 aromatic carbocycles. The van der Waals surface area contributed by atoms with E-state index in [1.54, 1.807) is 12.1 Å². The van der Waals surface area contributed by atoms with E-state index >= 15 is 0 Å². The second kappa shape index (κ2) is 3.33. The number of aliphatic hydroxyl groups is 1. The second-order valence-corrected chi connectivity index (χ2v) is 3.97. The molecule has 0 unspecified atom stereocenters. The first-order valence-electron chi connectivity index (χ1n) is 3.68. The number of furan rings is 1. The number of rotatable bonds is 1.